The second kappa shape index (κ2) is 9.41. The average molecular weight is 474 g/mol. The molecule has 4 rings (SSSR count). The van der Waals surface area contributed by atoms with Gasteiger partial charge in [0, 0.05) is 12.2 Å². The number of amides is 1. The zero-order chi connectivity index (χ0) is 24.3. The highest BCUT2D eigenvalue weighted by Gasteiger charge is 2.44. The van der Waals surface area contributed by atoms with Crippen LogP contribution in [0.2, 0.25) is 0 Å². The van der Waals surface area contributed by atoms with Gasteiger partial charge < -0.3 is 5.32 Å². The highest BCUT2D eigenvalue weighted by atomic mass is 32.2. The molecule has 0 radical (unpaired) electrons. The highest BCUT2D eigenvalue weighted by molar-refractivity contribution is 7.89. The average Bonchev–Trinajstić information content (AvgIpc) is 3.62. The predicted octanol–water partition coefficient (Wildman–Crippen LogP) is 4.69. The molecule has 0 aromatic heterocycles. The van der Waals surface area contributed by atoms with Crippen LogP contribution in [-0.2, 0) is 26.8 Å². The molecule has 0 bridgehead atoms. The van der Waals surface area contributed by atoms with E-state index >= 15 is 0 Å². The second-order valence-electron chi connectivity index (χ2n) is 8.89. The molecule has 3 aromatic rings. The van der Waals surface area contributed by atoms with Gasteiger partial charge in [-0.25, -0.2) is 8.42 Å². The van der Waals surface area contributed by atoms with E-state index in [0.717, 1.165) is 35.1 Å². The molecule has 1 N–H and O–H groups in total. The van der Waals surface area contributed by atoms with Crippen molar-refractivity contribution in [3.63, 3.8) is 0 Å². The maximum atomic E-state index is 13.4. The lowest BCUT2D eigenvalue weighted by molar-refractivity contribution is -0.116. The smallest absolute Gasteiger partial charge is 0.243 e. The van der Waals surface area contributed by atoms with Crippen LogP contribution in [0.25, 0.3) is 0 Å². The van der Waals surface area contributed by atoms with Gasteiger partial charge in [-0.05, 0) is 62.1 Å². The third-order valence-electron chi connectivity index (χ3n) is 6.14. The van der Waals surface area contributed by atoms with E-state index in [2.05, 4.69) is 11.4 Å². The number of anilines is 1. The van der Waals surface area contributed by atoms with Crippen LogP contribution in [0.3, 0.4) is 0 Å². The van der Waals surface area contributed by atoms with Crippen molar-refractivity contribution in [2.24, 2.45) is 0 Å². The fourth-order valence-electron chi connectivity index (χ4n) is 3.81. The first kappa shape index (κ1) is 23.7. The van der Waals surface area contributed by atoms with Crippen molar-refractivity contribution in [1.29, 1.82) is 5.26 Å². The number of benzene rings is 3. The Balaban J connectivity index is 1.53. The molecular weight excluding hydrogens is 446 g/mol. The van der Waals surface area contributed by atoms with Gasteiger partial charge in [0.15, 0.2) is 0 Å². The lowest BCUT2D eigenvalue weighted by Gasteiger charge is -2.22. The van der Waals surface area contributed by atoms with Crippen LogP contribution in [0.5, 0.6) is 0 Å². The maximum absolute atomic E-state index is 13.4. The van der Waals surface area contributed by atoms with Crippen molar-refractivity contribution in [2.45, 2.75) is 43.5 Å². The van der Waals surface area contributed by atoms with E-state index in [9.17, 15) is 18.5 Å². The largest absolute Gasteiger partial charge is 0.325 e. The summed E-state index contributed by atoms with van der Waals surface area (Å²) in [6.07, 6.45) is 1.69. The van der Waals surface area contributed by atoms with Gasteiger partial charge in [-0.1, -0.05) is 59.7 Å². The standard InChI is InChI=1S/C27H27N3O3S/c1-20-3-7-22(8-4-20)17-30(34(32,33)25-13-5-21(2)6-14-25)18-26(31)29-24-11-9-23(10-12-24)27(19-28)15-16-27/h3-14H,15-18H2,1-2H3,(H,29,31). The van der Waals surface area contributed by atoms with Gasteiger partial charge in [0.25, 0.3) is 0 Å². The SMILES string of the molecule is Cc1ccc(CN(CC(=O)Nc2ccc(C3(C#N)CC3)cc2)S(=O)(=O)c2ccc(C)cc2)cc1. The molecule has 0 spiro atoms. The van der Waals surface area contributed by atoms with Crippen molar-refractivity contribution in [1.82, 2.24) is 4.31 Å². The maximum Gasteiger partial charge on any atom is 0.243 e. The molecule has 0 atom stereocenters. The molecule has 174 valence electrons. The van der Waals surface area contributed by atoms with Crippen LogP contribution in [0, 0.1) is 25.2 Å². The molecule has 1 saturated carbocycles. The van der Waals surface area contributed by atoms with E-state index < -0.39 is 21.3 Å². The summed E-state index contributed by atoms with van der Waals surface area (Å²) in [7, 11) is -3.90. The molecule has 6 nitrogen and oxygen atoms in total. The van der Waals surface area contributed by atoms with Crippen molar-refractivity contribution in [2.75, 3.05) is 11.9 Å². The van der Waals surface area contributed by atoms with E-state index in [1.807, 2.05) is 50.2 Å². The first-order valence-corrected chi connectivity index (χ1v) is 12.6. The fourth-order valence-corrected chi connectivity index (χ4v) is 5.19. The molecule has 1 aliphatic rings. The number of carbonyl (C=O) groups is 1. The summed E-state index contributed by atoms with van der Waals surface area (Å²) >= 11 is 0. The first-order chi connectivity index (χ1) is 16.2. The Morgan fingerprint density at radius 3 is 2.03 bits per heavy atom. The Kier molecular flexibility index (Phi) is 6.56. The summed E-state index contributed by atoms with van der Waals surface area (Å²) in [6.45, 7) is 3.60. The zero-order valence-corrected chi connectivity index (χ0v) is 20.1. The number of nitrogens with zero attached hydrogens (tertiary/aromatic N) is 2. The third-order valence-corrected chi connectivity index (χ3v) is 7.95. The predicted molar refractivity (Wildman–Crippen MR) is 132 cm³/mol. The first-order valence-electron chi connectivity index (χ1n) is 11.2. The van der Waals surface area contributed by atoms with Crippen LogP contribution < -0.4 is 5.32 Å². The van der Waals surface area contributed by atoms with Crippen LogP contribution in [-0.4, -0.2) is 25.2 Å². The van der Waals surface area contributed by atoms with Gasteiger partial charge in [-0.3, -0.25) is 4.79 Å². The Hall–Kier alpha value is -3.47. The van der Waals surface area contributed by atoms with Crippen LogP contribution in [0.15, 0.2) is 77.7 Å². The number of aryl methyl sites for hydroxylation is 2. The van der Waals surface area contributed by atoms with Crippen molar-refractivity contribution < 1.29 is 13.2 Å². The van der Waals surface area contributed by atoms with Crippen LogP contribution in [0.4, 0.5) is 5.69 Å². The summed E-state index contributed by atoms with van der Waals surface area (Å²) in [6, 6.07) is 23.7. The summed E-state index contributed by atoms with van der Waals surface area (Å²) < 4.78 is 28.0. The zero-order valence-electron chi connectivity index (χ0n) is 19.3. The Labute approximate surface area is 200 Å². The molecule has 1 fully saturated rings. The molecular formula is C27H27N3O3S. The van der Waals surface area contributed by atoms with E-state index in [1.165, 1.54) is 4.31 Å². The number of sulfonamides is 1. The minimum atomic E-state index is -3.90. The van der Waals surface area contributed by atoms with Gasteiger partial charge in [0.2, 0.25) is 15.9 Å². The lowest BCUT2D eigenvalue weighted by Crippen LogP contribution is -2.37. The Morgan fingerprint density at radius 2 is 1.50 bits per heavy atom. The van der Waals surface area contributed by atoms with Gasteiger partial charge in [0.05, 0.1) is 22.9 Å². The van der Waals surface area contributed by atoms with E-state index in [0.29, 0.717) is 5.69 Å². The van der Waals surface area contributed by atoms with E-state index in [1.54, 1.807) is 36.4 Å². The molecule has 34 heavy (non-hydrogen) atoms. The quantitative estimate of drug-likeness (QED) is 0.514. The monoisotopic (exact) mass is 473 g/mol. The lowest BCUT2D eigenvalue weighted by atomic mass is 9.98. The Morgan fingerprint density at radius 1 is 0.941 bits per heavy atom. The van der Waals surface area contributed by atoms with Gasteiger partial charge in [-0.15, -0.1) is 0 Å². The van der Waals surface area contributed by atoms with E-state index in [4.69, 9.17) is 0 Å². The minimum absolute atomic E-state index is 0.0769. The number of carbonyl (C=O) groups excluding carboxylic acids is 1. The summed E-state index contributed by atoms with van der Waals surface area (Å²) in [5.41, 5.74) is 3.93. The number of hydrogen-bond donors (Lipinski definition) is 1. The molecule has 0 heterocycles. The Bertz CT molecular complexity index is 1320. The molecule has 0 aliphatic heterocycles. The highest BCUT2D eigenvalue weighted by Crippen LogP contribution is 2.47. The third kappa shape index (κ3) is 5.19. The number of nitrogens with one attached hydrogen (secondary N) is 1. The van der Waals surface area contributed by atoms with Gasteiger partial charge in [0.1, 0.15) is 0 Å². The second-order valence-corrected chi connectivity index (χ2v) is 10.8. The van der Waals surface area contributed by atoms with Crippen molar-refractivity contribution in [3.05, 3.63) is 95.1 Å². The van der Waals surface area contributed by atoms with Crippen LogP contribution >= 0.6 is 0 Å². The molecule has 0 unspecified atom stereocenters. The van der Waals surface area contributed by atoms with Crippen molar-refractivity contribution >= 4 is 21.6 Å². The number of hydrogen-bond acceptors (Lipinski definition) is 4. The van der Waals surface area contributed by atoms with Crippen LogP contribution in [0.1, 0.15) is 35.1 Å². The van der Waals surface area contributed by atoms with E-state index in [-0.39, 0.29) is 18.0 Å². The molecule has 0 saturated heterocycles. The number of nitriles is 1. The normalized spacial score (nSPS) is 14.4. The van der Waals surface area contributed by atoms with Gasteiger partial charge >= 0.3 is 0 Å². The summed E-state index contributed by atoms with van der Waals surface area (Å²) in [5, 5.41) is 12.2. The molecule has 1 aliphatic carbocycles. The molecule has 3 aromatic carbocycles. The van der Waals surface area contributed by atoms with Crippen molar-refractivity contribution in [3.8, 4) is 6.07 Å². The molecule has 7 heteroatoms. The number of rotatable bonds is 8. The summed E-state index contributed by atoms with van der Waals surface area (Å²) in [4.78, 5) is 13.0. The molecule has 1 amide bonds. The fraction of sp³-hybridized carbons (Fsp3) is 0.259. The topological polar surface area (TPSA) is 90.3 Å². The summed E-state index contributed by atoms with van der Waals surface area (Å²) in [5.74, 6) is -0.433. The van der Waals surface area contributed by atoms with Gasteiger partial charge in [-0.2, -0.15) is 9.57 Å². The minimum Gasteiger partial charge on any atom is -0.325 e.